The Bertz CT molecular complexity index is 632. The van der Waals surface area contributed by atoms with Crippen molar-refractivity contribution in [3.63, 3.8) is 0 Å². The van der Waals surface area contributed by atoms with Gasteiger partial charge in [0.1, 0.15) is 6.54 Å². The van der Waals surface area contributed by atoms with Gasteiger partial charge in [0.25, 0.3) is 0 Å². The molecule has 3 N–H and O–H groups in total. The summed E-state index contributed by atoms with van der Waals surface area (Å²) in [6.07, 6.45) is 0.972. The van der Waals surface area contributed by atoms with Crippen LogP contribution in [0.1, 0.15) is 25.0 Å². The summed E-state index contributed by atoms with van der Waals surface area (Å²) >= 11 is 3.46. The van der Waals surface area contributed by atoms with Crippen molar-refractivity contribution in [3.05, 3.63) is 58.1 Å². The fourth-order valence-corrected chi connectivity index (χ4v) is 3.00. The minimum atomic E-state index is 0. The number of benzene rings is 2. The fourth-order valence-electron chi connectivity index (χ4n) is 2.52. The number of hydrogen-bond acceptors (Lipinski definition) is 2. The molecule has 0 aliphatic rings. The lowest BCUT2D eigenvalue weighted by molar-refractivity contribution is -0.735. The number of quaternary nitrogens is 1. The monoisotopic (exact) mass is 399 g/mol. The van der Waals surface area contributed by atoms with Crippen molar-refractivity contribution in [2.24, 2.45) is 0 Å². The summed E-state index contributed by atoms with van der Waals surface area (Å²) in [5, 5.41) is 12.5. The van der Waals surface area contributed by atoms with Crippen LogP contribution in [0, 0.1) is 0 Å². The average Bonchev–Trinajstić information content (AvgIpc) is 2.48. The van der Waals surface area contributed by atoms with Gasteiger partial charge in [-0.15, -0.1) is 0 Å². The molecule has 0 saturated carbocycles. The number of aromatic hydroxyl groups is 1. The Morgan fingerprint density at radius 3 is 2.43 bits per heavy atom. The summed E-state index contributed by atoms with van der Waals surface area (Å²) in [6, 6.07) is 14.2. The molecular weight excluding hydrogens is 378 g/mol. The number of nitrogens with two attached hydrogens (primary N) is 1. The molecule has 0 aliphatic carbocycles. The molecule has 2 aromatic rings. The second-order valence-electron chi connectivity index (χ2n) is 6.17. The lowest BCUT2D eigenvalue weighted by atomic mass is 9.94. The van der Waals surface area contributed by atoms with Crippen molar-refractivity contribution in [2.45, 2.75) is 32.4 Å². The van der Waals surface area contributed by atoms with Gasteiger partial charge in [-0.3, -0.25) is 0 Å². The number of hydrogen-bond donors (Lipinski definition) is 2. The van der Waals surface area contributed by atoms with E-state index in [2.05, 4.69) is 59.4 Å². The van der Waals surface area contributed by atoms with Gasteiger partial charge in [-0.05, 0) is 31.5 Å². The first-order valence-electron chi connectivity index (χ1n) is 7.35. The van der Waals surface area contributed by atoms with Crippen molar-refractivity contribution in [1.82, 2.24) is 0 Å². The van der Waals surface area contributed by atoms with Gasteiger partial charge in [-0.25, -0.2) is 0 Å². The minimum absolute atomic E-state index is 0. The molecule has 0 aliphatic heterocycles. The number of halogens is 2. The lowest BCUT2D eigenvalue weighted by Crippen LogP contribution is -3.00. The van der Waals surface area contributed by atoms with Crippen LogP contribution in [-0.4, -0.2) is 17.8 Å². The van der Waals surface area contributed by atoms with E-state index in [0.29, 0.717) is 12.3 Å². The highest BCUT2D eigenvalue weighted by Gasteiger charge is 2.23. The van der Waals surface area contributed by atoms with Crippen LogP contribution < -0.4 is 22.5 Å². The zero-order valence-corrected chi connectivity index (χ0v) is 16.0. The van der Waals surface area contributed by atoms with Gasteiger partial charge < -0.3 is 27.6 Å². The Hall–Kier alpha value is -1.23. The molecule has 2 aromatic carbocycles. The molecule has 0 unspecified atom stereocenters. The van der Waals surface area contributed by atoms with E-state index < -0.39 is 0 Å². The Morgan fingerprint density at radius 1 is 1.17 bits per heavy atom. The Morgan fingerprint density at radius 2 is 1.83 bits per heavy atom. The van der Waals surface area contributed by atoms with Crippen LogP contribution >= 0.6 is 15.9 Å². The number of methoxy groups -OCH3 is 1. The van der Waals surface area contributed by atoms with Gasteiger partial charge in [0, 0.05) is 10.9 Å². The molecule has 126 valence electrons. The van der Waals surface area contributed by atoms with Crippen molar-refractivity contribution in [2.75, 3.05) is 7.11 Å². The maximum absolute atomic E-state index is 10.2. The molecule has 0 radical (unpaired) electrons. The van der Waals surface area contributed by atoms with Crippen LogP contribution in [-0.2, 0) is 13.0 Å². The molecule has 0 saturated heterocycles. The third-order valence-corrected chi connectivity index (χ3v) is 4.17. The van der Waals surface area contributed by atoms with Gasteiger partial charge >= 0.3 is 0 Å². The van der Waals surface area contributed by atoms with E-state index in [-0.39, 0.29) is 23.7 Å². The van der Waals surface area contributed by atoms with Gasteiger partial charge in [-0.2, -0.15) is 0 Å². The maximum atomic E-state index is 10.2. The van der Waals surface area contributed by atoms with E-state index in [9.17, 15) is 5.11 Å². The molecule has 0 bridgehead atoms. The van der Waals surface area contributed by atoms with Gasteiger partial charge in [0.05, 0.1) is 18.2 Å². The largest absolute Gasteiger partial charge is 1.00 e. The van der Waals surface area contributed by atoms with E-state index in [1.54, 1.807) is 13.2 Å². The number of phenols is 1. The van der Waals surface area contributed by atoms with Crippen LogP contribution in [0.3, 0.4) is 0 Å². The zero-order valence-electron chi connectivity index (χ0n) is 13.6. The highest BCUT2D eigenvalue weighted by molar-refractivity contribution is 9.10. The van der Waals surface area contributed by atoms with E-state index in [0.717, 1.165) is 16.5 Å². The quantitative estimate of drug-likeness (QED) is 0.730. The van der Waals surface area contributed by atoms with Gasteiger partial charge in [-0.1, -0.05) is 46.3 Å². The van der Waals surface area contributed by atoms with Crippen molar-refractivity contribution in [3.8, 4) is 11.5 Å². The number of rotatable bonds is 6. The smallest absolute Gasteiger partial charge is 0.166 e. The second kappa shape index (κ2) is 8.57. The summed E-state index contributed by atoms with van der Waals surface area (Å²) in [7, 11) is 1.56. The molecule has 0 heterocycles. The molecule has 3 nitrogen and oxygen atoms in total. The van der Waals surface area contributed by atoms with Crippen LogP contribution in [0.2, 0.25) is 0 Å². The van der Waals surface area contributed by atoms with Crippen LogP contribution in [0.4, 0.5) is 0 Å². The summed E-state index contributed by atoms with van der Waals surface area (Å²) in [5.74, 6) is 0.719. The predicted molar refractivity (Wildman–Crippen MR) is 92.2 cm³/mol. The summed E-state index contributed by atoms with van der Waals surface area (Å²) in [5.41, 5.74) is 2.23. The molecule has 0 atom stereocenters. The Balaban J connectivity index is 0.00000264. The molecule has 0 amide bonds. The molecule has 0 aromatic heterocycles. The summed E-state index contributed by atoms with van der Waals surface area (Å²) < 4.78 is 6.11. The number of phenolic OH excluding ortho intramolecular Hbond substituents is 1. The third kappa shape index (κ3) is 5.72. The van der Waals surface area contributed by atoms with Crippen LogP contribution in [0.15, 0.2) is 46.9 Å². The first-order chi connectivity index (χ1) is 10.4. The normalized spacial score (nSPS) is 11.0. The van der Waals surface area contributed by atoms with E-state index >= 15 is 0 Å². The SMILES string of the molecule is COc1cc(Br)cc(C[NH2+]C(C)(C)Cc2ccccc2)c1O.[Cl-]. The molecule has 23 heavy (non-hydrogen) atoms. The average molecular weight is 401 g/mol. The van der Waals surface area contributed by atoms with Crippen LogP contribution in [0.25, 0.3) is 0 Å². The van der Waals surface area contributed by atoms with Crippen LogP contribution in [0.5, 0.6) is 11.5 Å². The second-order valence-corrected chi connectivity index (χ2v) is 7.09. The van der Waals surface area contributed by atoms with E-state index in [1.807, 2.05) is 12.1 Å². The first-order valence-corrected chi connectivity index (χ1v) is 8.14. The first kappa shape index (κ1) is 19.8. The van der Waals surface area contributed by atoms with Crippen molar-refractivity contribution >= 4 is 15.9 Å². The zero-order chi connectivity index (χ0) is 16.2. The molecule has 0 spiro atoms. The summed E-state index contributed by atoms with van der Waals surface area (Å²) in [6.45, 7) is 5.12. The summed E-state index contributed by atoms with van der Waals surface area (Å²) in [4.78, 5) is 0. The molecular formula is C18H23BrClNO2. The lowest BCUT2D eigenvalue weighted by Gasteiger charge is -2.23. The minimum Gasteiger partial charge on any atom is -1.00 e. The highest BCUT2D eigenvalue weighted by atomic mass is 79.9. The highest BCUT2D eigenvalue weighted by Crippen LogP contribution is 2.33. The standard InChI is InChI=1S/C18H22BrNO2.ClH/c1-18(2,11-13-7-5-4-6-8-13)20-12-14-9-15(19)10-16(22-3)17(14)21;/h4-10,20-21H,11-12H2,1-3H3;1H. The molecule has 2 rings (SSSR count). The predicted octanol–water partition coefficient (Wildman–Crippen LogP) is 0.252. The Labute approximate surface area is 152 Å². The van der Waals surface area contributed by atoms with Gasteiger partial charge in [0.2, 0.25) is 0 Å². The molecule has 0 fully saturated rings. The van der Waals surface area contributed by atoms with E-state index in [1.165, 1.54) is 5.56 Å². The number of ether oxygens (including phenoxy) is 1. The van der Waals surface area contributed by atoms with Gasteiger partial charge in [0.15, 0.2) is 11.5 Å². The maximum Gasteiger partial charge on any atom is 0.166 e. The fraction of sp³-hybridized carbons (Fsp3) is 0.333. The topological polar surface area (TPSA) is 46.1 Å². The molecule has 5 heteroatoms. The van der Waals surface area contributed by atoms with E-state index in [4.69, 9.17) is 4.74 Å². The third-order valence-electron chi connectivity index (χ3n) is 3.72. The Kier molecular flexibility index (Phi) is 7.39. The van der Waals surface area contributed by atoms with Crippen molar-refractivity contribution in [1.29, 1.82) is 0 Å². The van der Waals surface area contributed by atoms with Crippen molar-refractivity contribution < 1.29 is 27.6 Å².